The molecule has 0 saturated heterocycles. The number of aryl methyl sites for hydroxylation is 1. The number of amides is 2. The fourth-order valence-electron chi connectivity index (χ4n) is 1.64. The molecule has 2 amide bonds. The van der Waals surface area contributed by atoms with E-state index in [2.05, 4.69) is 10.1 Å². The smallest absolute Gasteiger partial charge is 0.303 e. The summed E-state index contributed by atoms with van der Waals surface area (Å²) in [6.07, 6.45) is 1.01. The predicted molar refractivity (Wildman–Crippen MR) is 72.5 cm³/mol. The Kier molecular flexibility index (Phi) is 6.22. The number of benzene rings is 1. The molecule has 1 aromatic carbocycles. The average Bonchev–Trinajstić information content (AvgIpc) is 2.42. The molecular weight excluding hydrogens is 260 g/mol. The monoisotopic (exact) mass is 278 g/mol. The molecule has 0 aliphatic carbocycles. The largest absolute Gasteiger partial charge is 0.456 e. The first kappa shape index (κ1) is 15.7. The van der Waals surface area contributed by atoms with Crippen molar-refractivity contribution in [1.29, 1.82) is 0 Å². The number of carbonyl (C=O) groups excluding carboxylic acids is 3. The number of nitrogens with two attached hydrogens (primary N) is 1. The van der Waals surface area contributed by atoms with E-state index in [1.165, 1.54) is 6.92 Å². The lowest BCUT2D eigenvalue weighted by Crippen LogP contribution is -2.46. The summed E-state index contributed by atoms with van der Waals surface area (Å²) < 4.78 is 4.54. The molecule has 0 fully saturated rings. The van der Waals surface area contributed by atoms with Crippen LogP contribution in [0, 0.1) is 0 Å². The van der Waals surface area contributed by atoms with E-state index in [9.17, 15) is 14.4 Å². The number of ether oxygens (including phenoxy) is 1. The van der Waals surface area contributed by atoms with E-state index >= 15 is 0 Å². The highest BCUT2D eigenvalue weighted by atomic mass is 16.5. The molecule has 108 valence electrons. The molecule has 0 radical (unpaired) electrons. The zero-order chi connectivity index (χ0) is 15.0. The first-order valence-electron chi connectivity index (χ1n) is 6.25. The zero-order valence-corrected chi connectivity index (χ0v) is 11.3. The Morgan fingerprint density at radius 3 is 2.45 bits per heavy atom. The van der Waals surface area contributed by atoms with E-state index in [-0.39, 0.29) is 0 Å². The van der Waals surface area contributed by atoms with Crippen molar-refractivity contribution in [1.82, 2.24) is 5.32 Å². The van der Waals surface area contributed by atoms with Crippen molar-refractivity contribution in [2.45, 2.75) is 25.8 Å². The molecule has 1 aromatic rings. The highest BCUT2D eigenvalue weighted by Gasteiger charge is 2.18. The topological polar surface area (TPSA) is 98.5 Å². The third kappa shape index (κ3) is 5.99. The molecule has 0 spiro atoms. The summed E-state index contributed by atoms with van der Waals surface area (Å²) in [7, 11) is 0. The third-order valence-corrected chi connectivity index (χ3v) is 2.65. The molecule has 0 unspecified atom stereocenters. The molecule has 1 rings (SSSR count). The highest BCUT2D eigenvalue weighted by molar-refractivity contribution is 5.87. The molecule has 0 bridgehead atoms. The molecule has 0 aliphatic rings. The highest BCUT2D eigenvalue weighted by Crippen LogP contribution is 2.05. The average molecular weight is 278 g/mol. The number of esters is 1. The van der Waals surface area contributed by atoms with Gasteiger partial charge in [-0.15, -0.1) is 0 Å². The molecule has 1 atom stereocenters. The van der Waals surface area contributed by atoms with Gasteiger partial charge in [-0.05, 0) is 18.4 Å². The third-order valence-electron chi connectivity index (χ3n) is 2.65. The van der Waals surface area contributed by atoms with Gasteiger partial charge in [0.25, 0.3) is 5.91 Å². The van der Waals surface area contributed by atoms with E-state index in [1.54, 1.807) is 0 Å². The quantitative estimate of drug-likeness (QED) is 0.694. The molecule has 0 saturated carbocycles. The van der Waals surface area contributed by atoms with E-state index in [4.69, 9.17) is 5.73 Å². The Labute approximate surface area is 117 Å². The minimum Gasteiger partial charge on any atom is -0.456 e. The lowest BCUT2D eigenvalue weighted by Gasteiger charge is -2.15. The van der Waals surface area contributed by atoms with E-state index in [1.807, 2.05) is 30.3 Å². The second-order valence-corrected chi connectivity index (χ2v) is 4.33. The molecule has 0 heterocycles. The van der Waals surface area contributed by atoms with Gasteiger partial charge in [0.05, 0.1) is 0 Å². The van der Waals surface area contributed by atoms with Crippen LogP contribution in [0.25, 0.3) is 0 Å². The minimum absolute atomic E-state index is 0.394. The molecule has 0 aromatic heterocycles. The van der Waals surface area contributed by atoms with E-state index in [0.717, 1.165) is 5.56 Å². The van der Waals surface area contributed by atoms with Crippen LogP contribution in [-0.2, 0) is 25.5 Å². The van der Waals surface area contributed by atoms with Crippen LogP contribution in [0.3, 0.4) is 0 Å². The Bertz CT molecular complexity index is 473. The maximum Gasteiger partial charge on any atom is 0.303 e. The fourth-order valence-corrected chi connectivity index (χ4v) is 1.64. The number of nitrogens with one attached hydrogen (secondary N) is 1. The molecular formula is C14H18N2O4. The van der Waals surface area contributed by atoms with Gasteiger partial charge in [0.15, 0.2) is 6.61 Å². The Morgan fingerprint density at radius 1 is 1.25 bits per heavy atom. The standard InChI is InChI=1S/C14H18N2O4/c1-10(17)20-9-13(18)16-12(14(15)19)8-7-11-5-3-2-4-6-11/h2-6,12H,7-9H2,1H3,(H2,15,19)(H,16,18)/t12-/m0/s1. The van der Waals surface area contributed by atoms with Crippen LogP contribution in [0.1, 0.15) is 18.9 Å². The SMILES string of the molecule is CC(=O)OCC(=O)N[C@@H](CCc1ccccc1)C(N)=O. The minimum atomic E-state index is -0.779. The van der Waals surface area contributed by atoms with Gasteiger partial charge in [-0.2, -0.15) is 0 Å². The molecule has 0 aliphatic heterocycles. The van der Waals surface area contributed by atoms with Crippen LogP contribution in [0.2, 0.25) is 0 Å². The van der Waals surface area contributed by atoms with Gasteiger partial charge >= 0.3 is 5.97 Å². The summed E-state index contributed by atoms with van der Waals surface area (Å²) >= 11 is 0. The van der Waals surface area contributed by atoms with Crippen molar-refractivity contribution < 1.29 is 19.1 Å². The lowest BCUT2D eigenvalue weighted by atomic mass is 10.0. The van der Waals surface area contributed by atoms with Crippen molar-refractivity contribution in [2.24, 2.45) is 5.73 Å². The summed E-state index contributed by atoms with van der Waals surface area (Å²) in [6, 6.07) is 8.77. The van der Waals surface area contributed by atoms with Gasteiger partial charge in [-0.25, -0.2) is 0 Å². The van der Waals surface area contributed by atoms with Crippen LogP contribution in [-0.4, -0.2) is 30.4 Å². The summed E-state index contributed by atoms with van der Waals surface area (Å²) in [4.78, 5) is 33.4. The van der Waals surface area contributed by atoms with Gasteiger partial charge in [-0.1, -0.05) is 30.3 Å². The van der Waals surface area contributed by atoms with Crippen molar-refractivity contribution in [3.05, 3.63) is 35.9 Å². The molecule has 6 heteroatoms. The summed E-state index contributed by atoms with van der Waals surface area (Å²) in [6.45, 7) is 0.790. The van der Waals surface area contributed by atoms with Gasteiger partial charge in [-0.3, -0.25) is 14.4 Å². The van der Waals surface area contributed by atoms with Crippen molar-refractivity contribution in [3.8, 4) is 0 Å². The van der Waals surface area contributed by atoms with E-state index in [0.29, 0.717) is 12.8 Å². The van der Waals surface area contributed by atoms with Crippen LogP contribution in [0.15, 0.2) is 30.3 Å². The van der Waals surface area contributed by atoms with Crippen molar-refractivity contribution >= 4 is 17.8 Å². The number of carbonyl (C=O) groups is 3. The zero-order valence-electron chi connectivity index (χ0n) is 11.3. The second kappa shape index (κ2) is 7.93. The number of primary amides is 1. The molecule has 20 heavy (non-hydrogen) atoms. The lowest BCUT2D eigenvalue weighted by molar-refractivity contribution is -0.146. The maximum absolute atomic E-state index is 11.5. The van der Waals surface area contributed by atoms with Crippen LogP contribution in [0.5, 0.6) is 0 Å². The summed E-state index contributed by atoms with van der Waals surface area (Å²) in [5.41, 5.74) is 6.29. The Balaban J connectivity index is 2.46. The molecule has 3 N–H and O–H groups in total. The first-order valence-corrected chi connectivity index (χ1v) is 6.25. The number of rotatable bonds is 7. The van der Waals surface area contributed by atoms with E-state index < -0.39 is 30.4 Å². The summed E-state index contributed by atoms with van der Waals surface area (Å²) in [5, 5.41) is 2.45. The molecule has 6 nitrogen and oxygen atoms in total. The van der Waals surface area contributed by atoms with Gasteiger partial charge in [0.1, 0.15) is 6.04 Å². The first-order chi connectivity index (χ1) is 9.49. The van der Waals surface area contributed by atoms with Gasteiger partial charge in [0.2, 0.25) is 5.91 Å². The fraction of sp³-hybridized carbons (Fsp3) is 0.357. The second-order valence-electron chi connectivity index (χ2n) is 4.33. The summed E-state index contributed by atoms with van der Waals surface area (Å²) in [5.74, 6) is -1.71. The Hall–Kier alpha value is -2.37. The normalized spacial score (nSPS) is 11.4. The number of hydrogen-bond acceptors (Lipinski definition) is 4. The van der Waals surface area contributed by atoms with Crippen LogP contribution < -0.4 is 11.1 Å². The Morgan fingerprint density at radius 2 is 1.90 bits per heavy atom. The van der Waals surface area contributed by atoms with Crippen LogP contribution in [0.4, 0.5) is 0 Å². The van der Waals surface area contributed by atoms with Crippen molar-refractivity contribution in [2.75, 3.05) is 6.61 Å². The van der Waals surface area contributed by atoms with Gasteiger partial charge in [0, 0.05) is 6.92 Å². The maximum atomic E-state index is 11.5. The van der Waals surface area contributed by atoms with Crippen LogP contribution >= 0.6 is 0 Å². The number of hydrogen-bond donors (Lipinski definition) is 2. The predicted octanol–water partition coefficient (Wildman–Crippen LogP) is 0.152. The van der Waals surface area contributed by atoms with Crippen molar-refractivity contribution in [3.63, 3.8) is 0 Å². The van der Waals surface area contributed by atoms with Gasteiger partial charge < -0.3 is 15.8 Å².